The van der Waals surface area contributed by atoms with Gasteiger partial charge in [-0.25, -0.2) is 4.98 Å². The number of hydrogen-bond donors (Lipinski definition) is 2. The third-order valence-electron chi connectivity index (χ3n) is 4.66. The molecule has 1 aromatic heterocycles. The molecule has 0 saturated carbocycles. The average Bonchev–Trinajstić information content (AvgIpc) is 2.67. The summed E-state index contributed by atoms with van der Waals surface area (Å²) in [6, 6.07) is 9.37. The molecule has 1 aliphatic rings. The number of halogens is 1. The number of carbonyl (C=O) groups is 1. The van der Waals surface area contributed by atoms with Gasteiger partial charge < -0.3 is 15.3 Å². The number of anilines is 1. The van der Waals surface area contributed by atoms with E-state index in [1.807, 2.05) is 36.1 Å². The highest BCUT2D eigenvalue weighted by Gasteiger charge is 2.19. The fourth-order valence-electron chi connectivity index (χ4n) is 3.06. The normalized spacial score (nSPS) is 15.6. The molecule has 1 saturated heterocycles. The number of benzene rings is 1. The summed E-state index contributed by atoms with van der Waals surface area (Å²) >= 11 is 6.29. The highest BCUT2D eigenvalue weighted by molar-refractivity contribution is 6.33. The van der Waals surface area contributed by atoms with Gasteiger partial charge in [0.15, 0.2) is 0 Å². The first-order valence-electron chi connectivity index (χ1n) is 8.98. The highest BCUT2D eigenvalue weighted by atomic mass is 35.5. The molecule has 0 radical (unpaired) electrons. The summed E-state index contributed by atoms with van der Waals surface area (Å²) in [5.74, 6) is 0.443. The molecule has 1 unspecified atom stereocenters. The second kappa shape index (κ2) is 8.52. The molecule has 2 aromatic rings. The number of nitrogens with zero attached hydrogens (tertiary/aromatic N) is 2. The molecule has 6 heteroatoms. The second-order valence-electron chi connectivity index (χ2n) is 6.71. The topological polar surface area (TPSA) is 65.5 Å². The average molecular weight is 374 g/mol. The van der Waals surface area contributed by atoms with Crippen molar-refractivity contribution in [2.75, 3.05) is 25.0 Å². The smallest absolute Gasteiger partial charge is 0.255 e. The van der Waals surface area contributed by atoms with Gasteiger partial charge in [0, 0.05) is 25.8 Å². The van der Waals surface area contributed by atoms with E-state index in [4.69, 9.17) is 11.6 Å². The van der Waals surface area contributed by atoms with E-state index in [2.05, 4.69) is 10.3 Å². The minimum Gasteiger partial charge on any atom is -0.387 e. The lowest BCUT2D eigenvalue weighted by atomic mass is 10.1. The Morgan fingerprint density at radius 1 is 1.27 bits per heavy atom. The van der Waals surface area contributed by atoms with Gasteiger partial charge in [0.25, 0.3) is 5.91 Å². The van der Waals surface area contributed by atoms with Gasteiger partial charge in [-0.1, -0.05) is 41.4 Å². The van der Waals surface area contributed by atoms with Crippen LogP contribution in [0.3, 0.4) is 0 Å². The lowest BCUT2D eigenvalue weighted by molar-refractivity contribution is 0.0724. The van der Waals surface area contributed by atoms with Crippen molar-refractivity contribution in [1.82, 2.24) is 9.88 Å². The number of rotatable bonds is 5. The van der Waals surface area contributed by atoms with Crippen LogP contribution in [0.1, 0.15) is 46.9 Å². The Kier molecular flexibility index (Phi) is 6.12. The van der Waals surface area contributed by atoms with Gasteiger partial charge in [-0.3, -0.25) is 4.79 Å². The van der Waals surface area contributed by atoms with Gasteiger partial charge in [-0.2, -0.15) is 0 Å². The molecule has 138 valence electrons. The van der Waals surface area contributed by atoms with Crippen LogP contribution in [0.2, 0.25) is 5.02 Å². The second-order valence-corrected chi connectivity index (χ2v) is 7.12. The summed E-state index contributed by atoms with van der Waals surface area (Å²) in [7, 11) is 0. The molecule has 0 spiro atoms. The number of nitrogens with one attached hydrogen (secondary N) is 1. The van der Waals surface area contributed by atoms with Gasteiger partial charge >= 0.3 is 0 Å². The van der Waals surface area contributed by atoms with Crippen molar-refractivity contribution >= 4 is 23.3 Å². The Labute approximate surface area is 159 Å². The molecule has 2 heterocycles. The van der Waals surface area contributed by atoms with Crippen LogP contribution in [-0.2, 0) is 0 Å². The SMILES string of the molecule is Cc1ccc(C(O)CNc2ncc(C(=O)N3CCCCC3)cc2Cl)cc1. The zero-order valence-corrected chi connectivity index (χ0v) is 15.7. The predicted molar refractivity (Wildman–Crippen MR) is 104 cm³/mol. The van der Waals surface area contributed by atoms with E-state index in [9.17, 15) is 9.90 Å². The van der Waals surface area contributed by atoms with Crippen molar-refractivity contribution in [2.24, 2.45) is 0 Å². The Morgan fingerprint density at radius 3 is 2.62 bits per heavy atom. The molecule has 1 aliphatic heterocycles. The van der Waals surface area contributed by atoms with Crippen molar-refractivity contribution in [2.45, 2.75) is 32.3 Å². The van der Waals surface area contributed by atoms with Crippen molar-refractivity contribution in [3.05, 3.63) is 58.2 Å². The van der Waals surface area contributed by atoms with E-state index in [1.165, 1.54) is 6.42 Å². The van der Waals surface area contributed by atoms with E-state index in [-0.39, 0.29) is 12.5 Å². The fourth-order valence-corrected chi connectivity index (χ4v) is 3.30. The van der Waals surface area contributed by atoms with E-state index in [1.54, 1.807) is 12.3 Å². The maximum atomic E-state index is 12.5. The predicted octanol–water partition coefficient (Wildman–Crippen LogP) is 3.82. The van der Waals surface area contributed by atoms with Gasteiger partial charge in [0.1, 0.15) is 5.82 Å². The van der Waals surface area contributed by atoms with Crippen molar-refractivity contribution < 1.29 is 9.90 Å². The number of likely N-dealkylation sites (tertiary alicyclic amines) is 1. The number of aryl methyl sites for hydroxylation is 1. The number of aliphatic hydroxyl groups excluding tert-OH is 1. The summed E-state index contributed by atoms with van der Waals surface area (Å²) in [4.78, 5) is 18.6. The van der Waals surface area contributed by atoms with Crippen LogP contribution in [0.25, 0.3) is 0 Å². The standard InChI is InChI=1S/C20H24ClN3O2/c1-14-5-7-15(8-6-14)18(25)13-23-19-17(21)11-16(12-22-19)20(26)24-9-3-2-4-10-24/h5-8,11-12,18,25H,2-4,9-10,13H2,1H3,(H,22,23). The van der Waals surface area contributed by atoms with Crippen LogP contribution >= 0.6 is 11.6 Å². The monoisotopic (exact) mass is 373 g/mol. The number of piperidine rings is 1. The summed E-state index contributed by atoms with van der Waals surface area (Å²) in [6.45, 7) is 3.87. The van der Waals surface area contributed by atoms with E-state index >= 15 is 0 Å². The maximum Gasteiger partial charge on any atom is 0.255 e. The van der Waals surface area contributed by atoms with E-state index in [0.29, 0.717) is 16.4 Å². The number of aliphatic hydroxyl groups is 1. The zero-order chi connectivity index (χ0) is 18.5. The highest BCUT2D eigenvalue weighted by Crippen LogP contribution is 2.23. The van der Waals surface area contributed by atoms with Crippen LogP contribution in [-0.4, -0.2) is 40.5 Å². The third kappa shape index (κ3) is 4.54. The van der Waals surface area contributed by atoms with E-state index < -0.39 is 6.10 Å². The van der Waals surface area contributed by atoms with E-state index in [0.717, 1.165) is 37.1 Å². The van der Waals surface area contributed by atoms with Crippen LogP contribution in [0.4, 0.5) is 5.82 Å². The molecule has 1 amide bonds. The molecule has 0 aliphatic carbocycles. The van der Waals surface area contributed by atoms with Crippen molar-refractivity contribution in [3.8, 4) is 0 Å². The van der Waals surface area contributed by atoms with Crippen LogP contribution in [0.15, 0.2) is 36.5 Å². The first kappa shape index (κ1) is 18.7. The van der Waals surface area contributed by atoms with Gasteiger partial charge in [0.05, 0.1) is 16.7 Å². The van der Waals surface area contributed by atoms with Gasteiger partial charge in [0.2, 0.25) is 0 Å². The molecule has 2 N–H and O–H groups in total. The zero-order valence-electron chi connectivity index (χ0n) is 14.9. The minimum absolute atomic E-state index is 0.0228. The first-order chi connectivity index (χ1) is 12.5. The summed E-state index contributed by atoms with van der Waals surface area (Å²) in [5, 5.41) is 13.7. The molecule has 1 fully saturated rings. The molecule has 1 atom stereocenters. The largest absolute Gasteiger partial charge is 0.387 e. The quantitative estimate of drug-likeness (QED) is 0.836. The number of hydrogen-bond acceptors (Lipinski definition) is 4. The lowest BCUT2D eigenvalue weighted by Crippen LogP contribution is -2.35. The van der Waals surface area contributed by atoms with Crippen molar-refractivity contribution in [1.29, 1.82) is 0 Å². The minimum atomic E-state index is -0.664. The molecular formula is C20H24ClN3O2. The Balaban J connectivity index is 1.62. The third-order valence-corrected chi connectivity index (χ3v) is 4.94. The lowest BCUT2D eigenvalue weighted by Gasteiger charge is -2.26. The number of pyridine rings is 1. The molecular weight excluding hydrogens is 350 g/mol. The Morgan fingerprint density at radius 2 is 1.96 bits per heavy atom. The Bertz CT molecular complexity index is 758. The molecule has 5 nitrogen and oxygen atoms in total. The number of carbonyl (C=O) groups excluding carboxylic acids is 1. The molecule has 0 bridgehead atoms. The van der Waals surface area contributed by atoms with Gasteiger partial charge in [-0.15, -0.1) is 0 Å². The summed E-state index contributed by atoms with van der Waals surface area (Å²) < 4.78 is 0. The molecule has 1 aromatic carbocycles. The van der Waals surface area contributed by atoms with Gasteiger partial charge in [-0.05, 0) is 37.8 Å². The summed E-state index contributed by atoms with van der Waals surface area (Å²) in [5.41, 5.74) is 2.48. The fraction of sp³-hybridized carbons (Fsp3) is 0.400. The first-order valence-corrected chi connectivity index (χ1v) is 9.36. The number of amides is 1. The maximum absolute atomic E-state index is 12.5. The van der Waals surface area contributed by atoms with Crippen LogP contribution in [0, 0.1) is 6.92 Å². The Hall–Kier alpha value is -2.11. The van der Waals surface area contributed by atoms with Crippen molar-refractivity contribution in [3.63, 3.8) is 0 Å². The summed E-state index contributed by atoms with van der Waals surface area (Å²) in [6.07, 6.45) is 4.15. The van der Waals surface area contributed by atoms with Crippen LogP contribution in [0.5, 0.6) is 0 Å². The number of aromatic nitrogens is 1. The molecule has 3 rings (SSSR count). The molecule has 26 heavy (non-hydrogen) atoms. The van der Waals surface area contributed by atoms with Crippen LogP contribution < -0.4 is 5.32 Å².